The van der Waals surface area contributed by atoms with E-state index in [1.54, 1.807) is 0 Å². The predicted octanol–water partition coefficient (Wildman–Crippen LogP) is 4.48. The summed E-state index contributed by atoms with van der Waals surface area (Å²) in [6, 6.07) is 28.5. The van der Waals surface area contributed by atoms with Gasteiger partial charge in [0.25, 0.3) is 0 Å². The monoisotopic (exact) mass is 499 g/mol. The molecule has 1 amide bonds. The number of benzene rings is 3. The van der Waals surface area contributed by atoms with E-state index in [1.807, 2.05) is 60.7 Å². The van der Waals surface area contributed by atoms with Crippen LogP contribution in [0.1, 0.15) is 17.0 Å². The van der Waals surface area contributed by atoms with Crippen molar-refractivity contribution in [3.05, 3.63) is 102 Å². The highest BCUT2D eigenvalue weighted by Crippen LogP contribution is 2.22. The number of aromatic nitrogens is 3. The number of thioether (sulfide) groups is 1. The Morgan fingerprint density at radius 3 is 2.22 bits per heavy atom. The molecule has 0 spiro atoms. The van der Waals surface area contributed by atoms with Gasteiger partial charge in [-0.15, -0.1) is 10.2 Å². The fraction of sp³-hybridized carbons (Fsp3) is 0.250. The number of rotatable bonds is 9. The van der Waals surface area contributed by atoms with E-state index in [2.05, 4.69) is 49.2 Å². The molecule has 1 aliphatic rings. The summed E-state index contributed by atoms with van der Waals surface area (Å²) in [7, 11) is 0. The summed E-state index contributed by atoms with van der Waals surface area (Å²) in [4.78, 5) is 15.0. The fourth-order valence-electron chi connectivity index (χ4n) is 4.16. The molecular weight excluding hydrogens is 470 g/mol. The van der Waals surface area contributed by atoms with Crippen LogP contribution in [0.15, 0.2) is 90.1 Å². The molecule has 1 aromatic heterocycles. The van der Waals surface area contributed by atoms with Crippen LogP contribution in [0.3, 0.4) is 0 Å². The molecule has 2 heterocycles. The van der Waals surface area contributed by atoms with Crippen molar-refractivity contribution in [1.29, 1.82) is 0 Å². The Hall–Kier alpha value is -3.62. The largest absolute Gasteiger partial charge is 0.378 e. The number of hydrogen-bond donors (Lipinski definition) is 1. The number of nitrogens with zero attached hydrogens (tertiary/aromatic N) is 4. The third-order valence-corrected chi connectivity index (χ3v) is 7.01. The van der Waals surface area contributed by atoms with Crippen LogP contribution in [-0.4, -0.2) is 52.7 Å². The highest BCUT2D eigenvalue weighted by Gasteiger charge is 2.16. The number of hydrogen-bond acceptors (Lipinski definition) is 6. The van der Waals surface area contributed by atoms with Crippen molar-refractivity contribution in [3.63, 3.8) is 0 Å². The maximum absolute atomic E-state index is 12.7. The first-order chi connectivity index (χ1) is 17.7. The number of carbonyl (C=O) groups is 1. The van der Waals surface area contributed by atoms with E-state index in [1.165, 1.54) is 22.9 Å². The van der Waals surface area contributed by atoms with Gasteiger partial charge in [0.1, 0.15) is 5.82 Å². The first-order valence-electron chi connectivity index (χ1n) is 12.1. The van der Waals surface area contributed by atoms with Gasteiger partial charge < -0.3 is 19.5 Å². The van der Waals surface area contributed by atoms with Crippen LogP contribution in [0.4, 0.5) is 11.4 Å². The lowest BCUT2D eigenvalue weighted by atomic mass is 10.1. The van der Waals surface area contributed by atoms with Gasteiger partial charge in [0, 0.05) is 30.9 Å². The number of carbonyl (C=O) groups excluding carboxylic acids is 1. The minimum Gasteiger partial charge on any atom is -0.378 e. The third kappa shape index (κ3) is 6.33. The van der Waals surface area contributed by atoms with Gasteiger partial charge in [-0.2, -0.15) is 0 Å². The molecule has 0 saturated carbocycles. The Bertz CT molecular complexity index is 1260. The van der Waals surface area contributed by atoms with Crippen LogP contribution in [0.25, 0.3) is 0 Å². The maximum atomic E-state index is 12.7. The third-order valence-electron chi connectivity index (χ3n) is 6.04. The molecule has 4 aromatic rings. The van der Waals surface area contributed by atoms with E-state index in [9.17, 15) is 4.79 Å². The lowest BCUT2D eigenvalue weighted by molar-refractivity contribution is -0.113. The van der Waals surface area contributed by atoms with Crippen molar-refractivity contribution in [3.8, 4) is 0 Å². The Morgan fingerprint density at radius 1 is 0.861 bits per heavy atom. The second kappa shape index (κ2) is 11.9. The SMILES string of the molecule is O=C(CSc1nnc(Cc2ccccc2)n1Cc1ccccc1)Nc1ccc(N2CCOCC2)cc1. The van der Waals surface area contributed by atoms with Crippen LogP contribution in [0, 0.1) is 0 Å². The van der Waals surface area contributed by atoms with Crippen LogP contribution in [0.5, 0.6) is 0 Å². The van der Waals surface area contributed by atoms with Crippen molar-refractivity contribution in [1.82, 2.24) is 14.8 Å². The second-order valence-corrected chi connectivity index (χ2v) is 9.56. The molecule has 0 aliphatic carbocycles. The molecule has 1 fully saturated rings. The summed E-state index contributed by atoms with van der Waals surface area (Å²) in [6.07, 6.45) is 0.683. The second-order valence-electron chi connectivity index (χ2n) is 8.62. The highest BCUT2D eigenvalue weighted by molar-refractivity contribution is 7.99. The van der Waals surface area contributed by atoms with E-state index < -0.39 is 0 Å². The minimum atomic E-state index is -0.0713. The zero-order valence-electron chi connectivity index (χ0n) is 20.0. The Kier molecular flexibility index (Phi) is 7.95. The van der Waals surface area contributed by atoms with Crippen molar-refractivity contribution >= 4 is 29.0 Å². The molecule has 8 heteroatoms. The number of amides is 1. The van der Waals surface area contributed by atoms with E-state index in [-0.39, 0.29) is 11.7 Å². The molecule has 0 unspecified atom stereocenters. The Balaban J connectivity index is 1.24. The van der Waals surface area contributed by atoms with E-state index in [0.29, 0.717) is 13.0 Å². The summed E-state index contributed by atoms with van der Waals surface area (Å²) < 4.78 is 7.53. The molecule has 1 saturated heterocycles. The number of ether oxygens (including phenoxy) is 1. The van der Waals surface area contributed by atoms with Crippen molar-refractivity contribution in [2.45, 2.75) is 18.1 Å². The first kappa shape index (κ1) is 24.1. The Morgan fingerprint density at radius 2 is 1.53 bits per heavy atom. The minimum absolute atomic E-state index is 0.0713. The van der Waals surface area contributed by atoms with Gasteiger partial charge in [0.05, 0.1) is 25.5 Å². The maximum Gasteiger partial charge on any atom is 0.234 e. The molecule has 184 valence electrons. The molecule has 5 rings (SSSR count). The van der Waals surface area contributed by atoms with Crippen molar-refractivity contribution < 1.29 is 9.53 Å². The number of nitrogens with one attached hydrogen (secondary N) is 1. The average molecular weight is 500 g/mol. The van der Waals surface area contributed by atoms with Gasteiger partial charge in [-0.25, -0.2) is 0 Å². The Labute approximate surface area is 215 Å². The van der Waals surface area contributed by atoms with Gasteiger partial charge in [0.15, 0.2) is 5.16 Å². The van der Waals surface area contributed by atoms with E-state index in [0.717, 1.165) is 48.7 Å². The first-order valence-corrected chi connectivity index (χ1v) is 13.1. The van der Waals surface area contributed by atoms with Crippen LogP contribution < -0.4 is 10.2 Å². The lowest BCUT2D eigenvalue weighted by Gasteiger charge is -2.28. The molecule has 1 N–H and O–H groups in total. The summed E-state index contributed by atoms with van der Waals surface area (Å²) in [5.41, 5.74) is 4.27. The standard InChI is InChI=1S/C28H29N5O2S/c34-27(29-24-11-13-25(14-12-24)32-15-17-35-18-16-32)21-36-28-31-30-26(19-22-7-3-1-4-8-22)33(28)20-23-9-5-2-6-10-23/h1-14H,15-21H2,(H,29,34). The van der Waals surface area contributed by atoms with Gasteiger partial charge in [-0.05, 0) is 35.4 Å². The summed E-state index contributed by atoms with van der Waals surface area (Å²) in [6.45, 7) is 3.93. The summed E-state index contributed by atoms with van der Waals surface area (Å²) in [5.74, 6) is 1.06. The molecule has 1 aliphatic heterocycles. The lowest BCUT2D eigenvalue weighted by Crippen LogP contribution is -2.36. The molecule has 0 atom stereocenters. The normalized spacial score (nSPS) is 13.5. The summed E-state index contributed by atoms with van der Waals surface area (Å²) in [5, 5.41) is 12.6. The molecule has 0 radical (unpaired) electrons. The highest BCUT2D eigenvalue weighted by atomic mass is 32.2. The fourth-order valence-corrected chi connectivity index (χ4v) is 4.92. The molecule has 7 nitrogen and oxygen atoms in total. The smallest absolute Gasteiger partial charge is 0.234 e. The van der Waals surface area contributed by atoms with E-state index >= 15 is 0 Å². The van der Waals surface area contributed by atoms with Crippen molar-refractivity contribution in [2.24, 2.45) is 0 Å². The van der Waals surface area contributed by atoms with Gasteiger partial charge in [-0.3, -0.25) is 4.79 Å². The van der Waals surface area contributed by atoms with E-state index in [4.69, 9.17) is 4.74 Å². The molecule has 0 bridgehead atoms. The summed E-state index contributed by atoms with van der Waals surface area (Å²) >= 11 is 1.41. The van der Waals surface area contributed by atoms with Crippen LogP contribution >= 0.6 is 11.8 Å². The topological polar surface area (TPSA) is 72.3 Å². The quantitative estimate of drug-likeness (QED) is 0.342. The van der Waals surface area contributed by atoms with Gasteiger partial charge >= 0.3 is 0 Å². The van der Waals surface area contributed by atoms with Crippen molar-refractivity contribution in [2.75, 3.05) is 42.3 Å². The predicted molar refractivity (Wildman–Crippen MR) is 144 cm³/mol. The van der Waals surface area contributed by atoms with Crippen LogP contribution in [0.2, 0.25) is 0 Å². The van der Waals surface area contributed by atoms with Gasteiger partial charge in [0.2, 0.25) is 5.91 Å². The number of anilines is 2. The zero-order valence-corrected chi connectivity index (χ0v) is 20.9. The molecular formula is C28H29N5O2S. The zero-order chi connectivity index (χ0) is 24.6. The number of morpholine rings is 1. The average Bonchev–Trinajstić information content (AvgIpc) is 3.30. The molecule has 36 heavy (non-hydrogen) atoms. The van der Waals surface area contributed by atoms with Crippen LogP contribution in [-0.2, 0) is 22.5 Å². The molecule has 3 aromatic carbocycles. The van der Waals surface area contributed by atoms with Gasteiger partial charge in [-0.1, -0.05) is 72.4 Å².